The molecule has 1 N–H and O–H groups in total. The first-order valence-corrected chi connectivity index (χ1v) is 10.0. The molecule has 6 nitrogen and oxygen atoms in total. The van der Waals surface area contributed by atoms with Crippen LogP contribution in [-0.2, 0) is 16.1 Å². The van der Waals surface area contributed by atoms with Crippen LogP contribution in [0, 0.1) is 6.92 Å². The Bertz CT molecular complexity index is 982. The van der Waals surface area contributed by atoms with Gasteiger partial charge in [0.25, 0.3) is 5.91 Å². The van der Waals surface area contributed by atoms with Crippen LogP contribution < -0.4 is 10.1 Å². The Morgan fingerprint density at radius 3 is 2.59 bits per heavy atom. The minimum absolute atomic E-state index is 0.104. The van der Waals surface area contributed by atoms with Gasteiger partial charge in [0.05, 0.1) is 19.2 Å². The van der Waals surface area contributed by atoms with Crippen LogP contribution in [0.3, 0.4) is 0 Å². The molecule has 1 aromatic heterocycles. The van der Waals surface area contributed by atoms with E-state index in [1.54, 1.807) is 13.2 Å². The number of amides is 1. The molecule has 29 heavy (non-hydrogen) atoms. The number of benzene rings is 2. The molecule has 0 spiro atoms. The van der Waals surface area contributed by atoms with Crippen LogP contribution in [0.4, 0.5) is 0 Å². The summed E-state index contributed by atoms with van der Waals surface area (Å²) in [6.07, 6.45) is 0.104. The van der Waals surface area contributed by atoms with Gasteiger partial charge in [-0.25, -0.2) is 4.98 Å². The molecule has 0 aliphatic carbocycles. The number of nitrogens with one attached hydrogen (secondary N) is 1. The van der Waals surface area contributed by atoms with Crippen molar-refractivity contribution in [3.8, 4) is 16.3 Å². The highest BCUT2D eigenvalue weighted by molar-refractivity contribution is 7.13. The maximum atomic E-state index is 12.1. The SMILES string of the molecule is COc1ccc(-c2nc(COC(=O)CCNC(=O)c3ccccc3C)cs2)cc1. The van der Waals surface area contributed by atoms with E-state index >= 15 is 0 Å². The van der Waals surface area contributed by atoms with Crippen molar-refractivity contribution < 1.29 is 19.1 Å². The van der Waals surface area contributed by atoms with E-state index in [-0.39, 0.29) is 31.4 Å². The molecule has 0 fully saturated rings. The van der Waals surface area contributed by atoms with Gasteiger partial charge in [0.1, 0.15) is 17.4 Å². The first kappa shape index (κ1) is 20.5. The number of hydrogen-bond acceptors (Lipinski definition) is 6. The standard InChI is InChI=1S/C22H22N2O4S/c1-15-5-3-4-6-19(15)21(26)23-12-11-20(25)28-13-17-14-29-22(24-17)16-7-9-18(27-2)10-8-16/h3-10,14H,11-13H2,1-2H3,(H,23,26). The topological polar surface area (TPSA) is 77.5 Å². The molecular formula is C22H22N2O4S. The van der Waals surface area contributed by atoms with Gasteiger partial charge in [-0.1, -0.05) is 18.2 Å². The molecule has 3 rings (SSSR count). The molecule has 0 aliphatic rings. The van der Waals surface area contributed by atoms with Crippen molar-refractivity contribution in [2.75, 3.05) is 13.7 Å². The fourth-order valence-electron chi connectivity index (χ4n) is 2.67. The van der Waals surface area contributed by atoms with Crippen LogP contribution in [0.1, 0.15) is 28.0 Å². The number of carbonyl (C=O) groups excluding carboxylic acids is 2. The van der Waals surface area contributed by atoms with E-state index in [9.17, 15) is 9.59 Å². The zero-order valence-corrected chi connectivity index (χ0v) is 17.1. The van der Waals surface area contributed by atoms with Gasteiger partial charge >= 0.3 is 5.97 Å². The fourth-order valence-corrected chi connectivity index (χ4v) is 3.48. The Labute approximate surface area is 173 Å². The van der Waals surface area contributed by atoms with E-state index in [4.69, 9.17) is 9.47 Å². The van der Waals surface area contributed by atoms with Gasteiger partial charge in [-0.3, -0.25) is 9.59 Å². The predicted octanol–water partition coefficient (Wildman–Crippen LogP) is 3.99. The third-order valence-electron chi connectivity index (χ3n) is 4.27. The second-order valence-corrected chi connectivity index (χ2v) is 7.21. The van der Waals surface area contributed by atoms with Crippen molar-refractivity contribution in [2.24, 2.45) is 0 Å². The molecule has 0 radical (unpaired) electrons. The van der Waals surface area contributed by atoms with Crippen LogP contribution in [0.2, 0.25) is 0 Å². The summed E-state index contributed by atoms with van der Waals surface area (Å²) < 4.78 is 10.4. The van der Waals surface area contributed by atoms with Gasteiger partial charge in [-0.2, -0.15) is 0 Å². The Kier molecular flexibility index (Phi) is 6.97. The summed E-state index contributed by atoms with van der Waals surface area (Å²) >= 11 is 1.49. The molecule has 7 heteroatoms. The molecule has 0 aliphatic heterocycles. The van der Waals surface area contributed by atoms with E-state index in [2.05, 4.69) is 10.3 Å². The Balaban J connectivity index is 1.43. The number of nitrogens with zero attached hydrogens (tertiary/aromatic N) is 1. The molecular weight excluding hydrogens is 388 g/mol. The number of thiazole rings is 1. The lowest BCUT2D eigenvalue weighted by Gasteiger charge is -2.07. The van der Waals surface area contributed by atoms with Crippen molar-refractivity contribution >= 4 is 23.2 Å². The smallest absolute Gasteiger partial charge is 0.307 e. The summed E-state index contributed by atoms with van der Waals surface area (Å²) in [5, 5.41) is 5.46. The minimum atomic E-state index is -0.380. The van der Waals surface area contributed by atoms with Crippen LogP contribution >= 0.6 is 11.3 Å². The predicted molar refractivity (Wildman–Crippen MR) is 112 cm³/mol. The fraction of sp³-hybridized carbons (Fsp3) is 0.227. The molecule has 0 saturated carbocycles. The van der Waals surface area contributed by atoms with Gasteiger partial charge in [-0.15, -0.1) is 11.3 Å². The summed E-state index contributed by atoms with van der Waals surface area (Å²) in [7, 11) is 1.62. The summed E-state index contributed by atoms with van der Waals surface area (Å²) in [5.74, 6) is 0.211. The van der Waals surface area contributed by atoms with Crippen molar-refractivity contribution in [3.63, 3.8) is 0 Å². The third-order valence-corrected chi connectivity index (χ3v) is 5.21. The number of esters is 1. The molecule has 0 atom stereocenters. The van der Waals surface area contributed by atoms with E-state index in [0.717, 1.165) is 21.9 Å². The molecule has 150 valence electrons. The number of aromatic nitrogens is 1. The highest BCUT2D eigenvalue weighted by Gasteiger charge is 2.11. The van der Waals surface area contributed by atoms with E-state index in [1.165, 1.54) is 11.3 Å². The average Bonchev–Trinajstić information content (AvgIpc) is 3.21. The second kappa shape index (κ2) is 9.84. The van der Waals surface area contributed by atoms with Crippen molar-refractivity contribution in [1.29, 1.82) is 0 Å². The van der Waals surface area contributed by atoms with E-state index in [1.807, 2.05) is 54.8 Å². The summed E-state index contributed by atoms with van der Waals surface area (Å²) in [4.78, 5) is 28.6. The molecule has 3 aromatic rings. The highest BCUT2D eigenvalue weighted by Crippen LogP contribution is 2.25. The lowest BCUT2D eigenvalue weighted by molar-refractivity contribution is -0.144. The summed E-state index contributed by atoms with van der Waals surface area (Å²) in [5.41, 5.74) is 3.17. The molecule has 0 bridgehead atoms. The second-order valence-electron chi connectivity index (χ2n) is 6.35. The lowest BCUT2D eigenvalue weighted by Crippen LogP contribution is -2.27. The summed E-state index contributed by atoms with van der Waals surface area (Å²) in [6.45, 7) is 2.20. The van der Waals surface area contributed by atoms with Gasteiger partial charge < -0.3 is 14.8 Å². The largest absolute Gasteiger partial charge is 0.497 e. The molecule has 2 aromatic carbocycles. The normalized spacial score (nSPS) is 10.4. The van der Waals surface area contributed by atoms with Crippen molar-refractivity contribution in [2.45, 2.75) is 20.0 Å². The number of rotatable bonds is 8. The van der Waals surface area contributed by atoms with Gasteiger partial charge in [0.2, 0.25) is 0 Å². The lowest BCUT2D eigenvalue weighted by atomic mass is 10.1. The number of carbonyl (C=O) groups is 2. The zero-order chi connectivity index (χ0) is 20.6. The highest BCUT2D eigenvalue weighted by atomic mass is 32.1. The van der Waals surface area contributed by atoms with Crippen LogP contribution in [-0.4, -0.2) is 30.5 Å². The Morgan fingerprint density at radius 2 is 1.86 bits per heavy atom. The van der Waals surface area contributed by atoms with Crippen LogP contribution in [0.15, 0.2) is 53.9 Å². The van der Waals surface area contributed by atoms with Crippen LogP contribution in [0.5, 0.6) is 5.75 Å². The summed E-state index contributed by atoms with van der Waals surface area (Å²) in [6, 6.07) is 14.9. The van der Waals surface area contributed by atoms with Gasteiger partial charge in [-0.05, 0) is 42.8 Å². The maximum Gasteiger partial charge on any atom is 0.307 e. The van der Waals surface area contributed by atoms with Gasteiger partial charge in [0, 0.05) is 23.1 Å². The monoisotopic (exact) mass is 410 g/mol. The molecule has 0 saturated heterocycles. The first-order chi connectivity index (χ1) is 14.1. The van der Waals surface area contributed by atoms with Crippen LogP contribution in [0.25, 0.3) is 10.6 Å². The van der Waals surface area contributed by atoms with Crippen molar-refractivity contribution in [3.05, 3.63) is 70.7 Å². The third kappa shape index (κ3) is 5.65. The Morgan fingerprint density at radius 1 is 1.10 bits per heavy atom. The number of aryl methyl sites for hydroxylation is 1. The van der Waals surface area contributed by atoms with Crippen molar-refractivity contribution in [1.82, 2.24) is 10.3 Å². The maximum absolute atomic E-state index is 12.1. The van der Waals surface area contributed by atoms with E-state index in [0.29, 0.717) is 11.3 Å². The Hall–Kier alpha value is -3.19. The molecule has 0 unspecified atom stereocenters. The minimum Gasteiger partial charge on any atom is -0.497 e. The molecule has 1 amide bonds. The number of hydrogen-bond donors (Lipinski definition) is 1. The number of methoxy groups -OCH3 is 1. The zero-order valence-electron chi connectivity index (χ0n) is 16.3. The molecule has 1 heterocycles. The number of ether oxygens (including phenoxy) is 2. The van der Waals surface area contributed by atoms with E-state index < -0.39 is 0 Å². The quantitative estimate of drug-likeness (QED) is 0.568. The first-order valence-electron chi connectivity index (χ1n) is 9.15. The van der Waals surface area contributed by atoms with Gasteiger partial charge in [0.15, 0.2) is 0 Å². The average molecular weight is 410 g/mol.